The molecule has 6 heteroatoms. The van der Waals surface area contributed by atoms with Crippen molar-refractivity contribution in [3.8, 4) is 17.2 Å². The van der Waals surface area contributed by atoms with E-state index in [0.29, 0.717) is 48.2 Å². The molecule has 0 atom stereocenters. The van der Waals surface area contributed by atoms with Gasteiger partial charge in [-0.15, -0.1) is 0 Å². The summed E-state index contributed by atoms with van der Waals surface area (Å²) in [5.74, 6) is 1.60. The van der Waals surface area contributed by atoms with Gasteiger partial charge in [0.25, 0.3) is 0 Å². The summed E-state index contributed by atoms with van der Waals surface area (Å²) < 4.78 is 44.4. The van der Waals surface area contributed by atoms with Crippen LogP contribution in [0.4, 0.5) is 0 Å². The van der Waals surface area contributed by atoms with E-state index < -0.39 is 9.84 Å². The number of hydrogen-bond acceptors (Lipinski definition) is 5. The van der Waals surface area contributed by atoms with E-state index in [9.17, 15) is 8.42 Å². The fraction of sp³-hybridized carbons (Fsp3) is 0.143. The molecule has 0 fully saturated rings. The van der Waals surface area contributed by atoms with E-state index in [1.807, 2.05) is 91.0 Å². The van der Waals surface area contributed by atoms with Gasteiger partial charge in [0.05, 0.1) is 11.5 Å². The Balaban J connectivity index is 1.26. The fourth-order valence-electron chi connectivity index (χ4n) is 4.34. The second kappa shape index (κ2) is 13.7. The van der Waals surface area contributed by atoms with Crippen LogP contribution in [0.2, 0.25) is 0 Å². The lowest BCUT2D eigenvalue weighted by atomic mass is 10.2. The SMILES string of the molecule is O=S(=O)(Cc1ccc(OCc2ccccc2)cc1)Cc1cc(OCc2ccccc2)cc(OCc2ccccc2)c1. The summed E-state index contributed by atoms with van der Waals surface area (Å²) in [6, 6.07) is 42.1. The molecule has 0 aromatic heterocycles. The summed E-state index contributed by atoms with van der Waals surface area (Å²) in [4.78, 5) is 0. The van der Waals surface area contributed by atoms with Gasteiger partial charge >= 0.3 is 0 Å². The van der Waals surface area contributed by atoms with Crippen molar-refractivity contribution in [3.63, 3.8) is 0 Å². The summed E-state index contributed by atoms with van der Waals surface area (Å²) >= 11 is 0. The molecule has 5 nitrogen and oxygen atoms in total. The molecule has 0 spiro atoms. The first-order valence-electron chi connectivity index (χ1n) is 13.4. The van der Waals surface area contributed by atoms with Crippen molar-refractivity contribution in [2.24, 2.45) is 0 Å². The van der Waals surface area contributed by atoms with Gasteiger partial charge in [-0.05, 0) is 52.1 Å². The van der Waals surface area contributed by atoms with Gasteiger partial charge in [-0.2, -0.15) is 0 Å². The van der Waals surface area contributed by atoms with Crippen LogP contribution in [0.5, 0.6) is 17.2 Å². The van der Waals surface area contributed by atoms with Crippen LogP contribution in [0.15, 0.2) is 133 Å². The van der Waals surface area contributed by atoms with Crippen molar-refractivity contribution in [2.45, 2.75) is 31.3 Å². The maximum absolute atomic E-state index is 13.2. The summed E-state index contributed by atoms with van der Waals surface area (Å²) in [7, 11) is -3.48. The molecule has 208 valence electrons. The molecule has 5 aromatic carbocycles. The molecule has 0 aliphatic rings. The normalized spacial score (nSPS) is 11.1. The molecule has 0 amide bonds. The fourth-order valence-corrected chi connectivity index (χ4v) is 5.82. The Labute approximate surface area is 241 Å². The lowest BCUT2D eigenvalue weighted by Crippen LogP contribution is -2.08. The van der Waals surface area contributed by atoms with Crippen LogP contribution in [0, 0.1) is 0 Å². The van der Waals surface area contributed by atoms with Gasteiger partial charge in [-0.1, -0.05) is 103 Å². The topological polar surface area (TPSA) is 61.8 Å². The zero-order chi connectivity index (χ0) is 28.3. The molecular formula is C35H32O5S. The maximum Gasteiger partial charge on any atom is 0.158 e. The quantitative estimate of drug-likeness (QED) is 0.148. The Morgan fingerprint density at radius 2 is 0.780 bits per heavy atom. The van der Waals surface area contributed by atoms with Gasteiger partial charge in [0.1, 0.15) is 37.1 Å². The highest BCUT2D eigenvalue weighted by molar-refractivity contribution is 7.89. The van der Waals surface area contributed by atoms with Crippen LogP contribution in [-0.2, 0) is 41.2 Å². The van der Waals surface area contributed by atoms with E-state index in [0.717, 1.165) is 16.7 Å². The standard InChI is InChI=1S/C35H32O5S/c36-41(37,26-31-16-18-33(19-17-31)38-23-28-10-4-1-5-11-28)27-32-20-34(39-24-29-12-6-2-7-13-29)22-35(21-32)40-25-30-14-8-3-9-15-30/h1-22H,23-27H2. The number of ether oxygens (including phenoxy) is 3. The highest BCUT2D eigenvalue weighted by Gasteiger charge is 2.16. The molecule has 0 radical (unpaired) electrons. The average Bonchev–Trinajstić information content (AvgIpc) is 3.00. The summed E-state index contributed by atoms with van der Waals surface area (Å²) in [5, 5.41) is 0. The van der Waals surface area contributed by atoms with Crippen LogP contribution in [-0.4, -0.2) is 8.42 Å². The Morgan fingerprint density at radius 1 is 0.390 bits per heavy atom. The number of rotatable bonds is 13. The van der Waals surface area contributed by atoms with Crippen LogP contribution in [0.25, 0.3) is 0 Å². The van der Waals surface area contributed by atoms with Crippen molar-refractivity contribution in [1.29, 1.82) is 0 Å². The maximum atomic E-state index is 13.2. The molecule has 0 saturated carbocycles. The van der Waals surface area contributed by atoms with Gasteiger partial charge in [0, 0.05) is 6.07 Å². The van der Waals surface area contributed by atoms with E-state index in [2.05, 4.69) is 0 Å². The molecule has 0 N–H and O–H groups in total. The average molecular weight is 565 g/mol. The minimum atomic E-state index is -3.48. The van der Waals surface area contributed by atoms with E-state index in [-0.39, 0.29) is 11.5 Å². The van der Waals surface area contributed by atoms with Crippen molar-refractivity contribution in [1.82, 2.24) is 0 Å². The van der Waals surface area contributed by atoms with Gasteiger partial charge in [-0.25, -0.2) is 8.42 Å². The summed E-state index contributed by atoms with van der Waals surface area (Å²) in [5.41, 5.74) is 4.43. The first kappa shape index (κ1) is 28.0. The van der Waals surface area contributed by atoms with E-state index in [1.165, 1.54) is 0 Å². The lowest BCUT2D eigenvalue weighted by molar-refractivity contribution is 0.289. The van der Waals surface area contributed by atoms with Crippen LogP contribution in [0.3, 0.4) is 0 Å². The van der Waals surface area contributed by atoms with Gasteiger partial charge < -0.3 is 14.2 Å². The third-order valence-electron chi connectivity index (χ3n) is 6.38. The molecular weight excluding hydrogens is 532 g/mol. The highest BCUT2D eigenvalue weighted by atomic mass is 32.2. The number of hydrogen-bond donors (Lipinski definition) is 0. The number of benzene rings is 5. The second-order valence-corrected chi connectivity index (χ2v) is 11.9. The van der Waals surface area contributed by atoms with Gasteiger partial charge in [0.15, 0.2) is 9.84 Å². The zero-order valence-electron chi connectivity index (χ0n) is 22.7. The molecule has 41 heavy (non-hydrogen) atoms. The molecule has 0 unspecified atom stereocenters. The lowest BCUT2D eigenvalue weighted by Gasteiger charge is -2.13. The molecule has 0 bridgehead atoms. The monoisotopic (exact) mass is 564 g/mol. The third-order valence-corrected chi connectivity index (χ3v) is 7.93. The minimum Gasteiger partial charge on any atom is -0.489 e. The Morgan fingerprint density at radius 3 is 1.22 bits per heavy atom. The van der Waals surface area contributed by atoms with Crippen LogP contribution >= 0.6 is 0 Å². The van der Waals surface area contributed by atoms with Gasteiger partial charge in [-0.3, -0.25) is 0 Å². The predicted octanol–water partition coefficient (Wildman–Crippen LogP) is 7.54. The molecule has 5 aromatic rings. The molecule has 0 saturated heterocycles. The first-order chi connectivity index (χ1) is 20.0. The Bertz CT molecular complexity index is 1560. The Hall–Kier alpha value is -4.55. The van der Waals surface area contributed by atoms with Crippen molar-refractivity contribution < 1.29 is 22.6 Å². The van der Waals surface area contributed by atoms with Crippen LogP contribution < -0.4 is 14.2 Å². The van der Waals surface area contributed by atoms with E-state index in [4.69, 9.17) is 14.2 Å². The molecule has 0 heterocycles. The van der Waals surface area contributed by atoms with Crippen LogP contribution in [0.1, 0.15) is 27.8 Å². The van der Waals surface area contributed by atoms with E-state index >= 15 is 0 Å². The number of sulfone groups is 1. The summed E-state index contributed by atoms with van der Waals surface area (Å²) in [6.07, 6.45) is 0. The Kier molecular flexibility index (Phi) is 9.34. The molecule has 5 rings (SSSR count). The van der Waals surface area contributed by atoms with E-state index in [1.54, 1.807) is 42.5 Å². The largest absolute Gasteiger partial charge is 0.489 e. The molecule has 0 aliphatic carbocycles. The first-order valence-corrected chi connectivity index (χ1v) is 15.3. The van der Waals surface area contributed by atoms with Gasteiger partial charge in [0.2, 0.25) is 0 Å². The highest BCUT2D eigenvalue weighted by Crippen LogP contribution is 2.27. The third kappa shape index (κ3) is 8.98. The molecule has 0 aliphatic heterocycles. The second-order valence-electron chi connectivity index (χ2n) is 9.81. The summed E-state index contributed by atoms with van der Waals surface area (Å²) in [6.45, 7) is 1.19. The van der Waals surface area contributed by atoms with Crippen molar-refractivity contribution >= 4 is 9.84 Å². The predicted molar refractivity (Wildman–Crippen MR) is 162 cm³/mol. The van der Waals surface area contributed by atoms with Crippen molar-refractivity contribution in [2.75, 3.05) is 0 Å². The smallest absolute Gasteiger partial charge is 0.158 e. The van der Waals surface area contributed by atoms with Crippen molar-refractivity contribution in [3.05, 3.63) is 161 Å². The zero-order valence-corrected chi connectivity index (χ0v) is 23.5. The minimum absolute atomic E-state index is 0.0821.